The van der Waals surface area contributed by atoms with Gasteiger partial charge in [0.25, 0.3) is 0 Å². The number of hydrogen-bond donors (Lipinski definition) is 1. The SMILES string of the molecule is CCCOc1cccc(O)c1CC. The largest absolute Gasteiger partial charge is 0.508 e. The lowest BCUT2D eigenvalue weighted by Gasteiger charge is -2.10. The normalized spacial score (nSPS) is 10.0. The third kappa shape index (κ3) is 2.38. The number of aromatic hydroxyl groups is 1. The van der Waals surface area contributed by atoms with Gasteiger partial charge in [0.2, 0.25) is 0 Å². The van der Waals surface area contributed by atoms with Gasteiger partial charge in [-0.1, -0.05) is 19.9 Å². The van der Waals surface area contributed by atoms with Crippen molar-refractivity contribution in [3.8, 4) is 11.5 Å². The molecule has 0 aliphatic heterocycles. The number of benzene rings is 1. The van der Waals surface area contributed by atoms with Gasteiger partial charge in [-0.3, -0.25) is 0 Å². The molecule has 0 atom stereocenters. The van der Waals surface area contributed by atoms with Crippen LogP contribution in [0.2, 0.25) is 0 Å². The van der Waals surface area contributed by atoms with Crippen molar-refractivity contribution in [2.24, 2.45) is 0 Å². The minimum absolute atomic E-state index is 0.330. The number of phenolic OH excluding ortho intramolecular Hbond substituents is 1. The van der Waals surface area contributed by atoms with E-state index in [0.29, 0.717) is 12.4 Å². The van der Waals surface area contributed by atoms with Crippen LogP contribution in [-0.2, 0) is 6.42 Å². The summed E-state index contributed by atoms with van der Waals surface area (Å²) < 4.78 is 5.50. The Bertz CT molecular complexity index is 269. The molecule has 0 radical (unpaired) electrons. The molecule has 1 aromatic rings. The van der Waals surface area contributed by atoms with Crippen molar-refractivity contribution in [2.75, 3.05) is 6.61 Å². The summed E-state index contributed by atoms with van der Waals surface area (Å²) in [6.07, 6.45) is 1.78. The number of phenols is 1. The predicted octanol–water partition coefficient (Wildman–Crippen LogP) is 2.74. The molecule has 0 aliphatic carbocycles. The molecule has 13 heavy (non-hydrogen) atoms. The standard InChI is InChI=1S/C11H16O2/c1-3-8-13-11-7-5-6-10(12)9(11)4-2/h5-7,12H,3-4,8H2,1-2H3. The fourth-order valence-electron chi connectivity index (χ4n) is 1.26. The molecule has 0 unspecified atom stereocenters. The summed E-state index contributed by atoms with van der Waals surface area (Å²) >= 11 is 0. The minimum Gasteiger partial charge on any atom is -0.508 e. The number of rotatable bonds is 4. The molecule has 0 spiro atoms. The van der Waals surface area contributed by atoms with E-state index in [-0.39, 0.29) is 0 Å². The van der Waals surface area contributed by atoms with Gasteiger partial charge in [0, 0.05) is 5.56 Å². The van der Waals surface area contributed by atoms with Crippen LogP contribution >= 0.6 is 0 Å². The second-order valence-corrected chi connectivity index (χ2v) is 2.96. The first kappa shape index (κ1) is 9.90. The van der Waals surface area contributed by atoms with Crippen molar-refractivity contribution in [3.05, 3.63) is 23.8 Å². The summed E-state index contributed by atoms with van der Waals surface area (Å²) in [4.78, 5) is 0. The van der Waals surface area contributed by atoms with Crippen molar-refractivity contribution in [1.29, 1.82) is 0 Å². The maximum absolute atomic E-state index is 9.51. The second kappa shape index (κ2) is 4.75. The van der Waals surface area contributed by atoms with Crippen LogP contribution in [0.3, 0.4) is 0 Å². The van der Waals surface area contributed by atoms with Crippen LogP contribution in [0.4, 0.5) is 0 Å². The summed E-state index contributed by atoms with van der Waals surface area (Å²) in [6.45, 7) is 4.78. The maximum Gasteiger partial charge on any atom is 0.126 e. The minimum atomic E-state index is 0.330. The zero-order chi connectivity index (χ0) is 9.68. The van der Waals surface area contributed by atoms with Gasteiger partial charge in [-0.25, -0.2) is 0 Å². The second-order valence-electron chi connectivity index (χ2n) is 2.96. The molecule has 0 saturated heterocycles. The summed E-state index contributed by atoms with van der Waals surface area (Å²) in [5, 5.41) is 9.51. The van der Waals surface area contributed by atoms with Gasteiger partial charge in [0.05, 0.1) is 6.61 Å². The quantitative estimate of drug-likeness (QED) is 0.772. The summed E-state index contributed by atoms with van der Waals surface area (Å²) in [5.74, 6) is 1.14. The molecule has 0 amide bonds. The maximum atomic E-state index is 9.51. The first-order chi connectivity index (χ1) is 6.29. The van der Waals surface area contributed by atoms with E-state index in [0.717, 1.165) is 24.2 Å². The van der Waals surface area contributed by atoms with Crippen LogP contribution in [0.25, 0.3) is 0 Å². The molecule has 1 aromatic carbocycles. The van der Waals surface area contributed by atoms with E-state index in [9.17, 15) is 5.11 Å². The van der Waals surface area contributed by atoms with E-state index in [1.165, 1.54) is 0 Å². The van der Waals surface area contributed by atoms with Gasteiger partial charge in [-0.05, 0) is 25.0 Å². The molecule has 0 aromatic heterocycles. The fraction of sp³-hybridized carbons (Fsp3) is 0.455. The van der Waals surface area contributed by atoms with E-state index in [2.05, 4.69) is 6.92 Å². The van der Waals surface area contributed by atoms with Crippen molar-refractivity contribution in [1.82, 2.24) is 0 Å². The molecule has 0 heterocycles. The van der Waals surface area contributed by atoms with Gasteiger partial charge in [0.1, 0.15) is 11.5 Å². The highest BCUT2D eigenvalue weighted by Gasteiger charge is 2.05. The van der Waals surface area contributed by atoms with E-state index < -0.39 is 0 Å². The van der Waals surface area contributed by atoms with Crippen molar-refractivity contribution in [3.63, 3.8) is 0 Å². The van der Waals surface area contributed by atoms with Crippen molar-refractivity contribution >= 4 is 0 Å². The molecule has 72 valence electrons. The van der Waals surface area contributed by atoms with Gasteiger partial charge in [-0.15, -0.1) is 0 Å². The molecule has 1 rings (SSSR count). The van der Waals surface area contributed by atoms with E-state index >= 15 is 0 Å². The first-order valence-electron chi connectivity index (χ1n) is 4.73. The van der Waals surface area contributed by atoms with Gasteiger partial charge in [-0.2, -0.15) is 0 Å². The molecule has 2 heteroatoms. The van der Waals surface area contributed by atoms with Crippen LogP contribution in [0.1, 0.15) is 25.8 Å². The lowest BCUT2D eigenvalue weighted by molar-refractivity contribution is 0.311. The Kier molecular flexibility index (Phi) is 3.62. The van der Waals surface area contributed by atoms with Crippen molar-refractivity contribution in [2.45, 2.75) is 26.7 Å². The van der Waals surface area contributed by atoms with E-state index in [1.54, 1.807) is 12.1 Å². The molecule has 1 N–H and O–H groups in total. The highest BCUT2D eigenvalue weighted by molar-refractivity contribution is 5.43. The molecule has 0 bridgehead atoms. The molecule has 2 nitrogen and oxygen atoms in total. The van der Waals surface area contributed by atoms with Crippen LogP contribution in [-0.4, -0.2) is 11.7 Å². The predicted molar refractivity (Wildman–Crippen MR) is 53.3 cm³/mol. The van der Waals surface area contributed by atoms with Crippen LogP contribution < -0.4 is 4.74 Å². The third-order valence-electron chi connectivity index (χ3n) is 1.92. The first-order valence-corrected chi connectivity index (χ1v) is 4.73. The number of hydrogen-bond acceptors (Lipinski definition) is 2. The smallest absolute Gasteiger partial charge is 0.126 e. The van der Waals surface area contributed by atoms with E-state index in [1.807, 2.05) is 13.0 Å². The summed E-state index contributed by atoms with van der Waals surface area (Å²) in [5.41, 5.74) is 0.899. The average molecular weight is 180 g/mol. The lowest BCUT2D eigenvalue weighted by Crippen LogP contribution is -1.98. The van der Waals surface area contributed by atoms with E-state index in [4.69, 9.17) is 4.74 Å². The zero-order valence-corrected chi connectivity index (χ0v) is 8.21. The third-order valence-corrected chi connectivity index (χ3v) is 1.92. The Morgan fingerprint density at radius 2 is 2.08 bits per heavy atom. The molecule has 0 aliphatic rings. The van der Waals surface area contributed by atoms with Gasteiger partial charge >= 0.3 is 0 Å². The Labute approximate surface area is 79.2 Å². The zero-order valence-electron chi connectivity index (χ0n) is 8.21. The lowest BCUT2D eigenvalue weighted by atomic mass is 10.1. The molecule has 0 saturated carbocycles. The Balaban J connectivity index is 2.85. The summed E-state index contributed by atoms with van der Waals surface area (Å²) in [6, 6.07) is 5.39. The molecular weight excluding hydrogens is 164 g/mol. The van der Waals surface area contributed by atoms with Gasteiger partial charge in [0.15, 0.2) is 0 Å². The monoisotopic (exact) mass is 180 g/mol. The molecule has 0 fully saturated rings. The van der Waals surface area contributed by atoms with Crippen molar-refractivity contribution < 1.29 is 9.84 Å². The Morgan fingerprint density at radius 1 is 1.31 bits per heavy atom. The van der Waals surface area contributed by atoms with Crippen LogP contribution in [0, 0.1) is 0 Å². The number of ether oxygens (including phenoxy) is 1. The Morgan fingerprint density at radius 3 is 2.69 bits per heavy atom. The van der Waals surface area contributed by atoms with Gasteiger partial charge < -0.3 is 9.84 Å². The topological polar surface area (TPSA) is 29.5 Å². The van der Waals surface area contributed by atoms with Crippen LogP contribution in [0.15, 0.2) is 18.2 Å². The Hall–Kier alpha value is -1.18. The average Bonchev–Trinajstić information content (AvgIpc) is 2.15. The highest BCUT2D eigenvalue weighted by atomic mass is 16.5. The molecular formula is C11H16O2. The highest BCUT2D eigenvalue weighted by Crippen LogP contribution is 2.27. The fourth-order valence-corrected chi connectivity index (χ4v) is 1.26. The summed E-state index contributed by atoms with van der Waals surface area (Å²) in [7, 11) is 0. The van der Waals surface area contributed by atoms with Crippen LogP contribution in [0.5, 0.6) is 11.5 Å².